The van der Waals surface area contributed by atoms with Crippen LogP contribution in [0, 0.1) is 36.0 Å². The van der Waals surface area contributed by atoms with Crippen molar-refractivity contribution in [2.45, 2.75) is 6.42 Å². The molecule has 0 N–H and O–H groups in total. The van der Waals surface area contributed by atoms with E-state index in [4.69, 9.17) is 6.42 Å². The van der Waals surface area contributed by atoms with E-state index in [2.05, 4.69) is 18.1 Å². The molecule has 1 heterocycles. The summed E-state index contributed by atoms with van der Waals surface area (Å²) in [5.74, 6) is 3.14. The average Bonchev–Trinajstić information content (AvgIpc) is 3.03. The number of allylic oxidation sites excluding steroid dienone is 2. The number of terminal acetylenes is 1. The topological polar surface area (TPSA) is 37.4 Å². The molecule has 2 aliphatic carbocycles. The summed E-state index contributed by atoms with van der Waals surface area (Å²) in [7, 11) is 4.05. The standard InChI is InChI=1S/C16H21N2O2/c1-4-8-18(2,3)9-7-17-15(19)13-11-5-6-12(10-11)14(13)16(17)20/h1,5-6,11-14H,7-10H2,2-3H3/q+1/t11-,12+,13+,14-. The zero-order chi connectivity index (χ0) is 14.5. The maximum absolute atomic E-state index is 12.5. The smallest absolute Gasteiger partial charge is 0.233 e. The first-order valence-corrected chi connectivity index (χ1v) is 7.23. The van der Waals surface area contributed by atoms with Gasteiger partial charge in [-0.05, 0) is 24.2 Å². The molecule has 4 nitrogen and oxygen atoms in total. The van der Waals surface area contributed by atoms with E-state index in [9.17, 15) is 9.59 Å². The first-order chi connectivity index (χ1) is 9.44. The van der Waals surface area contributed by atoms with Gasteiger partial charge in [-0.3, -0.25) is 14.5 Å². The zero-order valence-electron chi connectivity index (χ0n) is 12.1. The molecule has 2 amide bonds. The normalized spacial score (nSPS) is 34.8. The Labute approximate surface area is 120 Å². The maximum Gasteiger partial charge on any atom is 0.233 e. The van der Waals surface area contributed by atoms with Crippen molar-refractivity contribution >= 4 is 11.8 Å². The van der Waals surface area contributed by atoms with Crippen LogP contribution in [0.5, 0.6) is 0 Å². The number of likely N-dealkylation sites (N-methyl/N-ethyl adjacent to an activating group) is 1. The van der Waals surface area contributed by atoms with Gasteiger partial charge in [0.25, 0.3) is 0 Å². The molecule has 2 bridgehead atoms. The highest BCUT2D eigenvalue weighted by molar-refractivity contribution is 6.06. The average molecular weight is 273 g/mol. The Balaban J connectivity index is 1.70. The van der Waals surface area contributed by atoms with Crippen molar-refractivity contribution in [2.75, 3.05) is 33.7 Å². The number of nitrogens with zero attached hydrogens (tertiary/aromatic N) is 2. The van der Waals surface area contributed by atoms with Crippen molar-refractivity contribution in [1.29, 1.82) is 0 Å². The van der Waals surface area contributed by atoms with Gasteiger partial charge in [-0.1, -0.05) is 12.2 Å². The number of carbonyl (C=O) groups excluding carboxylic acids is 2. The third kappa shape index (κ3) is 1.89. The molecule has 0 radical (unpaired) electrons. The lowest BCUT2D eigenvalue weighted by molar-refractivity contribution is -0.882. The minimum atomic E-state index is -0.0826. The first-order valence-electron chi connectivity index (χ1n) is 7.23. The van der Waals surface area contributed by atoms with Gasteiger partial charge in [0.1, 0.15) is 6.54 Å². The van der Waals surface area contributed by atoms with E-state index < -0.39 is 0 Å². The number of hydrogen-bond donors (Lipinski definition) is 0. The summed E-state index contributed by atoms with van der Waals surface area (Å²) in [6.07, 6.45) is 10.6. The summed E-state index contributed by atoms with van der Waals surface area (Å²) in [5, 5.41) is 0. The summed E-state index contributed by atoms with van der Waals surface area (Å²) in [6.45, 7) is 1.80. The molecule has 20 heavy (non-hydrogen) atoms. The highest BCUT2D eigenvalue weighted by Crippen LogP contribution is 2.52. The number of likely N-dealkylation sites (tertiary alicyclic amines) is 1. The Morgan fingerprint density at radius 2 is 1.80 bits per heavy atom. The second kappa shape index (κ2) is 4.46. The summed E-state index contributed by atoms with van der Waals surface area (Å²) in [4.78, 5) is 26.5. The van der Waals surface area contributed by atoms with E-state index in [-0.39, 0.29) is 23.7 Å². The highest BCUT2D eigenvalue weighted by Gasteiger charge is 2.59. The summed E-state index contributed by atoms with van der Waals surface area (Å²) >= 11 is 0. The third-order valence-corrected chi connectivity index (χ3v) is 5.01. The summed E-state index contributed by atoms with van der Waals surface area (Å²) < 4.78 is 0.633. The molecule has 1 aliphatic heterocycles. The maximum atomic E-state index is 12.5. The SMILES string of the molecule is C#CC[N+](C)(C)CCN1C(=O)[C@@H]2[C@H](C1=O)[C@H]1C=C[C@@H]2C1. The molecule has 0 aromatic carbocycles. The lowest BCUT2D eigenvalue weighted by Gasteiger charge is -2.29. The molecule has 1 saturated carbocycles. The van der Waals surface area contributed by atoms with Crippen molar-refractivity contribution in [1.82, 2.24) is 4.90 Å². The van der Waals surface area contributed by atoms with Crippen LogP contribution in [0.15, 0.2) is 12.2 Å². The fraction of sp³-hybridized carbons (Fsp3) is 0.625. The predicted molar refractivity (Wildman–Crippen MR) is 75.1 cm³/mol. The van der Waals surface area contributed by atoms with Gasteiger partial charge < -0.3 is 4.48 Å². The molecule has 4 heteroatoms. The second-order valence-corrected chi connectivity index (χ2v) is 6.85. The van der Waals surface area contributed by atoms with Crippen molar-refractivity contribution in [2.24, 2.45) is 23.7 Å². The van der Waals surface area contributed by atoms with Crippen molar-refractivity contribution in [3.05, 3.63) is 12.2 Å². The van der Waals surface area contributed by atoms with Gasteiger partial charge in [0, 0.05) is 0 Å². The number of imide groups is 1. The van der Waals surface area contributed by atoms with Gasteiger partial charge in [-0.2, -0.15) is 0 Å². The van der Waals surface area contributed by atoms with Gasteiger partial charge in [0.2, 0.25) is 11.8 Å². The number of carbonyl (C=O) groups is 2. The number of rotatable bonds is 4. The van der Waals surface area contributed by atoms with Crippen LogP contribution in [0.25, 0.3) is 0 Å². The van der Waals surface area contributed by atoms with Crippen LogP contribution in [0.1, 0.15) is 6.42 Å². The van der Waals surface area contributed by atoms with Crippen LogP contribution in [0.3, 0.4) is 0 Å². The first kappa shape index (κ1) is 13.4. The van der Waals surface area contributed by atoms with Gasteiger partial charge in [-0.15, -0.1) is 6.42 Å². The van der Waals surface area contributed by atoms with Crippen LogP contribution in [0.4, 0.5) is 0 Å². The van der Waals surface area contributed by atoms with Crippen molar-refractivity contribution in [3.63, 3.8) is 0 Å². The van der Waals surface area contributed by atoms with Crippen LogP contribution < -0.4 is 0 Å². The molecule has 1 saturated heterocycles. The summed E-state index contributed by atoms with van der Waals surface area (Å²) in [6, 6.07) is 0. The quantitative estimate of drug-likeness (QED) is 0.324. The van der Waals surface area contributed by atoms with E-state index in [0.717, 1.165) is 6.42 Å². The Morgan fingerprint density at radius 1 is 1.25 bits per heavy atom. The lowest BCUT2D eigenvalue weighted by Crippen LogP contribution is -2.47. The van der Waals surface area contributed by atoms with Gasteiger partial charge in [-0.25, -0.2) is 0 Å². The molecular formula is C16H21N2O2+. The Kier molecular flexibility index (Phi) is 2.98. The molecular weight excluding hydrogens is 252 g/mol. The molecule has 0 spiro atoms. The molecule has 0 unspecified atom stereocenters. The number of hydrogen-bond acceptors (Lipinski definition) is 2. The van der Waals surface area contributed by atoms with E-state index in [1.54, 1.807) is 0 Å². The summed E-state index contributed by atoms with van der Waals surface area (Å²) in [5.41, 5.74) is 0. The van der Waals surface area contributed by atoms with Crippen molar-refractivity contribution < 1.29 is 14.1 Å². The largest absolute Gasteiger partial charge is 0.317 e. The van der Waals surface area contributed by atoms with E-state index >= 15 is 0 Å². The van der Waals surface area contributed by atoms with Gasteiger partial charge in [0.05, 0.1) is 39.0 Å². The molecule has 3 aliphatic rings. The second-order valence-electron chi connectivity index (χ2n) is 6.85. The predicted octanol–water partition coefficient (Wildman–Crippen LogP) is 0.503. The molecule has 106 valence electrons. The third-order valence-electron chi connectivity index (χ3n) is 5.01. The van der Waals surface area contributed by atoms with E-state index in [0.29, 0.717) is 36.0 Å². The Morgan fingerprint density at radius 3 is 2.30 bits per heavy atom. The molecule has 2 fully saturated rings. The number of amides is 2. The lowest BCUT2D eigenvalue weighted by atomic mass is 9.85. The van der Waals surface area contributed by atoms with Crippen LogP contribution in [-0.4, -0.2) is 54.9 Å². The van der Waals surface area contributed by atoms with Crippen LogP contribution >= 0.6 is 0 Å². The van der Waals surface area contributed by atoms with Gasteiger partial charge >= 0.3 is 0 Å². The fourth-order valence-electron chi connectivity index (χ4n) is 3.88. The van der Waals surface area contributed by atoms with Crippen LogP contribution in [0.2, 0.25) is 0 Å². The Bertz CT molecular complexity index is 499. The molecule has 0 aromatic rings. The van der Waals surface area contributed by atoms with E-state index in [1.807, 2.05) is 14.1 Å². The van der Waals surface area contributed by atoms with Crippen LogP contribution in [-0.2, 0) is 9.59 Å². The molecule has 3 rings (SSSR count). The van der Waals surface area contributed by atoms with Gasteiger partial charge in [0.15, 0.2) is 0 Å². The van der Waals surface area contributed by atoms with E-state index in [1.165, 1.54) is 4.90 Å². The molecule has 0 aromatic heterocycles. The zero-order valence-corrected chi connectivity index (χ0v) is 12.1. The fourth-order valence-corrected chi connectivity index (χ4v) is 3.88. The minimum absolute atomic E-state index is 0.0394. The number of quaternary nitrogens is 1. The highest BCUT2D eigenvalue weighted by atomic mass is 16.2. The minimum Gasteiger partial charge on any atom is -0.317 e. The number of fused-ring (bicyclic) bond motifs is 5. The Hall–Kier alpha value is -1.60. The monoisotopic (exact) mass is 273 g/mol. The van der Waals surface area contributed by atoms with Crippen molar-refractivity contribution in [3.8, 4) is 12.3 Å². The molecule has 4 atom stereocenters.